The number of nitrogens with one attached hydrogen (secondary N) is 1. The molecule has 0 spiro atoms. The molecule has 0 amide bonds. The van der Waals surface area contributed by atoms with Crippen molar-refractivity contribution in [3.63, 3.8) is 0 Å². The van der Waals surface area contributed by atoms with Crippen molar-refractivity contribution in [3.8, 4) is 22.9 Å². The number of aliphatic hydroxyl groups excluding tert-OH is 1. The summed E-state index contributed by atoms with van der Waals surface area (Å²) in [5.74, 6) is 2.38. The first-order valence-corrected chi connectivity index (χ1v) is 9.82. The van der Waals surface area contributed by atoms with Crippen LogP contribution in [0.3, 0.4) is 0 Å². The smallest absolute Gasteiger partial charge is 0.223 e. The Balaban J connectivity index is 1.49. The Bertz CT molecular complexity index is 1040. The maximum atomic E-state index is 9.66. The third kappa shape index (κ3) is 3.56. The van der Waals surface area contributed by atoms with E-state index in [0.717, 1.165) is 46.8 Å². The molecule has 2 unspecified atom stereocenters. The van der Waals surface area contributed by atoms with E-state index >= 15 is 0 Å². The van der Waals surface area contributed by atoms with Crippen LogP contribution in [0.5, 0.6) is 11.6 Å². The molecule has 150 valence electrons. The molecule has 3 aromatic rings. The van der Waals surface area contributed by atoms with E-state index in [-0.39, 0.29) is 5.92 Å². The monoisotopic (exact) mass is 393 g/mol. The first-order valence-electron chi connectivity index (χ1n) is 9.82. The molecule has 0 saturated carbocycles. The predicted octanol–water partition coefficient (Wildman–Crippen LogP) is 1.83. The normalized spacial score (nSPS) is 21.1. The number of rotatable bonds is 4. The van der Waals surface area contributed by atoms with Crippen molar-refractivity contribution in [1.29, 1.82) is 0 Å². The minimum absolute atomic E-state index is 0.247. The zero-order chi connectivity index (χ0) is 19.8. The van der Waals surface area contributed by atoms with E-state index in [9.17, 15) is 5.11 Å². The third-order valence-electron chi connectivity index (χ3n) is 5.39. The minimum Gasteiger partial charge on any atom is -0.488 e. The van der Waals surface area contributed by atoms with Crippen LogP contribution in [0.25, 0.3) is 22.2 Å². The molecule has 1 fully saturated rings. The number of aromatic nitrogens is 3. The fraction of sp³-hybridized carbons (Fsp3) is 0.381. The fourth-order valence-electron chi connectivity index (χ4n) is 3.78. The molecule has 5 heterocycles. The third-order valence-corrected chi connectivity index (χ3v) is 5.39. The van der Waals surface area contributed by atoms with Crippen molar-refractivity contribution in [2.45, 2.75) is 12.6 Å². The van der Waals surface area contributed by atoms with Crippen LogP contribution >= 0.6 is 0 Å². The summed E-state index contributed by atoms with van der Waals surface area (Å²) in [7, 11) is 2.01. The zero-order valence-electron chi connectivity index (χ0n) is 16.2. The van der Waals surface area contributed by atoms with E-state index in [0.29, 0.717) is 25.5 Å². The minimum atomic E-state index is -0.457. The first kappa shape index (κ1) is 18.1. The van der Waals surface area contributed by atoms with E-state index in [4.69, 9.17) is 14.5 Å². The lowest BCUT2D eigenvalue weighted by Gasteiger charge is -2.26. The molecule has 0 aliphatic carbocycles. The van der Waals surface area contributed by atoms with Crippen molar-refractivity contribution >= 4 is 16.7 Å². The van der Waals surface area contributed by atoms with Crippen molar-refractivity contribution in [3.05, 3.63) is 36.7 Å². The average molecular weight is 393 g/mol. The summed E-state index contributed by atoms with van der Waals surface area (Å²) in [5.41, 5.74) is 2.41. The molecule has 0 radical (unpaired) electrons. The molecule has 2 aliphatic rings. The summed E-state index contributed by atoms with van der Waals surface area (Å²) < 4.78 is 11.9. The molecule has 29 heavy (non-hydrogen) atoms. The Morgan fingerprint density at radius 2 is 2.28 bits per heavy atom. The second-order valence-corrected chi connectivity index (χ2v) is 7.54. The summed E-state index contributed by atoms with van der Waals surface area (Å²) >= 11 is 0. The van der Waals surface area contributed by atoms with Gasteiger partial charge in [-0.05, 0) is 30.7 Å². The number of anilines is 1. The SMILES string of the molecule is CN1CCOc2cc(-c3cc4ncccc4c(OCC4CNC(O)C4)n3)cnc21. The number of pyridine rings is 3. The summed E-state index contributed by atoms with van der Waals surface area (Å²) in [5, 5.41) is 13.6. The van der Waals surface area contributed by atoms with E-state index in [2.05, 4.69) is 20.2 Å². The Morgan fingerprint density at radius 3 is 3.14 bits per heavy atom. The number of fused-ring (bicyclic) bond motifs is 2. The van der Waals surface area contributed by atoms with Crippen molar-refractivity contribution in [1.82, 2.24) is 20.3 Å². The van der Waals surface area contributed by atoms with Gasteiger partial charge in [-0.2, -0.15) is 0 Å². The van der Waals surface area contributed by atoms with Crippen LogP contribution in [0, 0.1) is 5.92 Å². The molecule has 0 aromatic carbocycles. The predicted molar refractivity (Wildman–Crippen MR) is 109 cm³/mol. The topological polar surface area (TPSA) is 92.6 Å². The lowest BCUT2D eigenvalue weighted by atomic mass is 10.1. The van der Waals surface area contributed by atoms with Crippen LogP contribution in [0.1, 0.15) is 6.42 Å². The summed E-state index contributed by atoms with van der Waals surface area (Å²) in [6, 6.07) is 7.75. The number of aliphatic hydroxyl groups is 1. The van der Waals surface area contributed by atoms with Crippen LogP contribution in [0.2, 0.25) is 0 Å². The van der Waals surface area contributed by atoms with E-state index in [1.165, 1.54) is 0 Å². The zero-order valence-corrected chi connectivity index (χ0v) is 16.2. The highest BCUT2D eigenvalue weighted by Gasteiger charge is 2.23. The van der Waals surface area contributed by atoms with E-state index in [1.807, 2.05) is 37.5 Å². The summed E-state index contributed by atoms with van der Waals surface area (Å²) in [6.45, 7) is 2.68. The van der Waals surface area contributed by atoms with Gasteiger partial charge < -0.3 is 19.5 Å². The van der Waals surface area contributed by atoms with Gasteiger partial charge in [0.1, 0.15) is 12.8 Å². The van der Waals surface area contributed by atoms with Gasteiger partial charge in [-0.3, -0.25) is 10.3 Å². The van der Waals surface area contributed by atoms with Crippen LogP contribution in [-0.4, -0.2) is 59.6 Å². The van der Waals surface area contributed by atoms with Crippen molar-refractivity contribution < 1.29 is 14.6 Å². The Morgan fingerprint density at radius 1 is 1.34 bits per heavy atom. The largest absolute Gasteiger partial charge is 0.488 e. The number of likely N-dealkylation sites (N-methyl/N-ethyl adjacent to an activating group) is 1. The quantitative estimate of drug-likeness (QED) is 0.694. The molecule has 8 nitrogen and oxygen atoms in total. The Labute approximate surface area is 168 Å². The fourth-order valence-corrected chi connectivity index (χ4v) is 3.78. The molecule has 1 saturated heterocycles. The standard InChI is InChI=1S/C21H23N5O3/c1-26-5-6-28-18-8-14(11-24-20(18)26)16-9-17-15(3-2-4-22-17)21(25-16)29-12-13-7-19(27)23-10-13/h2-4,8-9,11,13,19,23,27H,5-7,10,12H2,1H3. The van der Waals surface area contributed by atoms with Gasteiger partial charge in [-0.25, -0.2) is 9.97 Å². The summed E-state index contributed by atoms with van der Waals surface area (Å²) in [4.78, 5) is 15.9. The number of ether oxygens (including phenoxy) is 2. The molecule has 2 atom stereocenters. The second-order valence-electron chi connectivity index (χ2n) is 7.54. The van der Waals surface area contributed by atoms with Crippen LogP contribution < -0.4 is 19.7 Å². The van der Waals surface area contributed by atoms with Gasteiger partial charge >= 0.3 is 0 Å². The maximum absolute atomic E-state index is 9.66. The van der Waals surface area contributed by atoms with Gasteiger partial charge in [0, 0.05) is 37.5 Å². The summed E-state index contributed by atoms with van der Waals surface area (Å²) in [6.07, 6.45) is 3.79. The van der Waals surface area contributed by atoms with Crippen molar-refractivity contribution in [2.24, 2.45) is 5.92 Å². The molecular weight excluding hydrogens is 370 g/mol. The van der Waals surface area contributed by atoms with Gasteiger partial charge in [-0.1, -0.05) is 0 Å². The van der Waals surface area contributed by atoms with Gasteiger partial charge in [0.25, 0.3) is 0 Å². The lowest BCUT2D eigenvalue weighted by molar-refractivity contribution is 0.150. The molecular formula is C21H23N5O3. The number of nitrogens with zero attached hydrogens (tertiary/aromatic N) is 4. The molecule has 2 N–H and O–H groups in total. The number of hydrogen-bond acceptors (Lipinski definition) is 8. The van der Waals surface area contributed by atoms with Gasteiger partial charge in [-0.15, -0.1) is 0 Å². The van der Waals surface area contributed by atoms with Gasteiger partial charge in [0.2, 0.25) is 5.88 Å². The highest BCUT2D eigenvalue weighted by molar-refractivity contribution is 5.87. The van der Waals surface area contributed by atoms with E-state index < -0.39 is 6.23 Å². The van der Waals surface area contributed by atoms with Crippen LogP contribution in [0.15, 0.2) is 36.7 Å². The lowest BCUT2D eigenvalue weighted by Crippen LogP contribution is -2.29. The molecule has 0 bridgehead atoms. The van der Waals surface area contributed by atoms with Crippen LogP contribution in [-0.2, 0) is 0 Å². The Hall–Kier alpha value is -2.97. The molecule has 8 heteroatoms. The van der Waals surface area contributed by atoms with E-state index in [1.54, 1.807) is 6.20 Å². The molecule has 2 aliphatic heterocycles. The highest BCUT2D eigenvalue weighted by Crippen LogP contribution is 2.34. The molecule has 3 aromatic heterocycles. The maximum Gasteiger partial charge on any atom is 0.223 e. The first-order chi connectivity index (χ1) is 14.2. The number of hydrogen-bond donors (Lipinski definition) is 2. The Kier molecular flexibility index (Phi) is 4.65. The van der Waals surface area contributed by atoms with Gasteiger partial charge in [0.15, 0.2) is 11.6 Å². The highest BCUT2D eigenvalue weighted by atomic mass is 16.5. The average Bonchev–Trinajstić information content (AvgIpc) is 3.17. The second kappa shape index (κ2) is 7.46. The van der Waals surface area contributed by atoms with Gasteiger partial charge in [0.05, 0.1) is 29.7 Å². The molecule has 5 rings (SSSR count). The van der Waals surface area contributed by atoms with Crippen molar-refractivity contribution in [2.75, 3.05) is 38.3 Å². The van der Waals surface area contributed by atoms with Crippen LogP contribution in [0.4, 0.5) is 5.82 Å².